The number of nitrogens with two attached hydrogens (primary N) is 1. The Morgan fingerprint density at radius 1 is 1.28 bits per heavy atom. The van der Waals surface area contributed by atoms with Crippen molar-refractivity contribution < 1.29 is 14.7 Å². The largest absolute Gasteiger partial charge is 0.481 e. The molecule has 3 N–H and O–H groups in total. The summed E-state index contributed by atoms with van der Waals surface area (Å²) in [5, 5.41) is 8.61. The molecule has 0 spiro atoms. The second-order valence-electron chi connectivity index (χ2n) is 5.03. The molecule has 0 radical (unpaired) electrons. The summed E-state index contributed by atoms with van der Waals surface area (Å²) in [5.41, 5.74) is 5.93. The predicted molar refractivity (Wildman–Crippen MR) is 71.1 cm³/mol. The zero-order valence-electron chi connectivity index (χ0n) is 11.8. The Bertz CT molecular complexity index is 279. The number of carboxylic acids is 1. The van der Waals surface area contributed by atoms with E-state index >= 15 is 0 Å². The first kappa shape index (κ1) is 16.9. The molecule has 0 bridgehead atoms. The summed E-state index contributed by atoms with van der Waals surface area (Å²) in [6, 6.07) is -0.455. The molecule has 0 rings (SSSR count). The Morgan fingerprint density at radius 3 is 2.22 bits per heavy atom. The number of hydrogen-bond donors (Lipinski definition) is 2. The lowest BCUT2D eigenvalue weighted by Gasteiger charge is -2.31. The molecule has 18 heavy (non-hydrogen) atoms. The quantitative estimate of drug-likeness (QED) is 0.690. The van der Waals surface area contributed by atoms with Gasteiger partial charge in [-0.25, -0.2) is 0 Å². The van der Waals surface area contributed by atoms with Crippen LogP contribution in [-0.4, -0.2) is 40.5 Å². The van der Waals surface area contributed by atoms with Crippen molar-refractivity contribution in [1.29, 1.82) is 0 Å². The van der Waals surface area contributed by atoms with E-state index in [9.17, 15) is 9.59 Å². The molecule has 0 fully saturated rings. The average Bonchev–Trinajstić information content (AvgIpc) is 2.31. The molecule has 2 atom stereocenters. The molecule has 0 aromatic heterocycles. The molecule has 5 heteroatoms. The molecule has 0 saturated heterocycles. The monoisotopic (exact) mass is 258 g/mol. The van der Waals surface area contributed by atoms with Crippen LogP contribution >= 0.6 is 0 Å². The van der Waals surface area contributed by atoms with E-state index < -0.39 is 12.0 Å². The zero-order chi connectivity index (χ0) is 14.3. The Kier molecular flexibility index (Phi) is 7.59. The van der Waals surface area contributed by atoms with Crippen LogP contribution in [-0.2, 0) is 9.59 Å². The van der Waals surface area contributed by atoms with Crippen LogP contribution in [0.25, 0.3) is 0 Å². The van der Waals surface area contributed by atoms with E-state index in [-0.39, 0.29) is 24.3 Å². The summed E-state index contributed by atoms with van der Waals surface area (Å²) in [7, 11) is 0. The summed E-state index contributed by atoms with van der Waals surface area (Å²) in [4.78, 5) is 24.4. The summed E-state index contributed by atoms with van der Waals surface area (Å²) < 4.78 is 0. The van der Waals surface area contributed by atoms with Gasteiger partial charge in [0.25, 0.3) is 0 Å². The highest BCUT2D eigenvalue weighted by molar-refractivity contribution is 5.82. The maximum absolute atomic E-state index is 12.2. The molecule has 106 valence electrons. The van der Waals surface area contributed by atoms with E-state index in [1.807, 2.05) is 27.7 Å². The van der Waals surface area contributed by atoms with E-state index in [4.69, 9.17) is 10.8 Å². The third-order valence-corrected chi connectivity index (χ3v) is 3.24. The van der Waals surface area contributed by atoms with E-state index in [0.717, 1.165) is 6.42 Å². The van der Waals surface area contributed by atoms with Crippen molar-refractivity contribution in [3.05, 3.63) is 0 Å². The molecule has 0 aromatic carbocycles. The van der Waals surface area contributed by atoms with Crippen molar-refractivity contribution in [3.63, 3.8) is 0 Å². The molecule has 5 nitrogen and oxygen atoms in total. The molecular formula is C13H26N2O3. The third-order valence-electron chi connectivity index (χ3n) is 3.24. The molecular weight excluding hydrogens is 232 g/mol. The maximum Gasteiger partial charge on any atom is 0.303 e. The minimum absolute atomic E-state index is 0.0430. The van der Waals surface area contributed by atoms with Crippen molar-refractivity contribution in [2.75, 3.05) is 6.54 Å². The van der Waals surface area contributed by atoms with Crippen LogP contribution in [0.2, 0.25) is 0 Å². The number of aliphatic carboxylic acids is 1. The van der Waals surface area contributed by atoms with Crippen LogP contribution in [0, 0.1) is 5.92 Å². The first-order chi connectivity index (χ1) is 8.31. The second kappa shape index (κ2) is 8.08. The lowest BCUT2D eigenvalue weighted by Crippen LogP contribution is -2.50. The Morgan fingerprint density at radius 2 is 1.83 bits per heavy atom. The fourth-order valence-corrected chi connectivity index (χ4v) is 1.71. The van der Waals surface area contributed by atoms with Gasteiger partial charge in [-0.05, 0) is 26.2 Å². The van der Waals surface area contributed by atoms with Crippen LogP contribution < -0.4 is 5.73 Å². The van der Waals surface area contributed by atoms with Crippen LogP contribution in [0.4, 0.5) is 0 Å². The minimum atomic E-state index is -0.836. The first-order valence-electron chi connectivity index (χ1n) is 6.59. The van der Waals surface area contributed by atoms with Crippen molar-refractivity contribution in [2.45, 2.75) is 59.0 Å². The van der Waals surface area contributed by atoms with Gasteiger partial charge >= 0.3 is 5.97 Å². The van der Waals surface area contributed by atoms with Gasteiger partial charge in [-0.15, -0.1) is 0 Å². The molecule has 0 heterocycles. The van der Waals surface area contributed by atoms with Crippen molar-refractivity contribution >= 4 is 11.9 Å². The first-order valence-corrected chi connectivity index (χ1v) is 6.59. The van der Waals surface area contributed by atoms with Gasteiger partial charge in [0.05, 0.1) is 6.04 Å². The number of nitrogens with zero attached hydrogens (tertiary/aromatic N) is 1. The smallest absolute Gasteiger partial charge is 0.303 e. The van der Waals surface area contributed by atoms with Gasteiger partial charge < -0.3 is 15.7 Å². The number of amides is 1. The molecule has 0 aliphatic heterocycles. The van der Waals surface area contributed by atoms with Gasteiger partial charge in [0.15, 0.2) is 0 Å². The lowest BCUT2D eigenvalue weighted by molar-refractivity contribution is -0.139. The van der Waals surface area contributed by atoms with Gasteiger partial charge in [-0.1, -0.05) is 20.3 Å². The summed E-state index contributed by atoms with van der Waals surface area (Å²) in [6.07, 6.45) is 1.40. The van der Waals surface area contributed by atoms with E-state index in [1.165, 1.54) is 0 Å². The maximum atomic E-state index is 12.2. The van der Waals surface area contributed by atoms with Gasteiger partial charge in [0, 0.05) is 19.0 Å². The predicted octanol–water partition coefficient (Wildman–Crippen LogP) is 1.46. The highest BCUT2D eigenvalue weighted by atomic mass is 16.4. The molecule has 0 saturated carbocycles. The highest BCUT2D eigenvalue weighted by Gasteiger charge is 2.26. The average molecular weight is 258 g/mol. The minimum Gasteiger partial charge on any atom is -0.481 e. The van der Waals surface area contributed by atoms with E-state index in [2.05, 4.69) is 0 Å². The molecule has 1 amide bonds. The van der Waals surface area contributed by atoms with Crippen molar-refractivity contribution in [2.24, 2.45) is 11.7 Å². The fourth-order valence-electron chi connectivity index (χ4n) is 1.71. The number of hydrogen-bond acceptors (Lipinski definition) is 3. The van der Waals surface area contributed by atoms with Crippen LogP contribution in [0.3, 0.4) is 0 Å². The van der Waals surface area contributed by atoms with Crippen molar-refractivity contribution in [1.82, 2.24) is 4.90 Å². The number of carbonyl (C=O) groups is 2. The van der Waals surface area contributed by atoms with Gasteiger partial charge in [0.2, 0.25) is 5.91 Å². The molecule has 0 aromatic rings. The standard InChI is InChI=1S/C13H26N2O3/c1-5-10(4)12(14)13(18)15(9(2)3)8-6-7-11(16)17/h9-10,12H,5-8,14H2,1-4H3,(H,16,17). The van der Waals surface area contributed by atoms with E-state index in [0.29, 0.717) is 13.0 Å². The highest BCUT2D eigenvalue weighted by Crippen LogP contribution is 2.11. The number of carbonyl (C=O) groups excluding carboxylic acids is 1. The lowest BCUT2D eigenvalue weighted by atomic mass is 9.98. The van der Waals surface area contributed by atoms with Crippen LogP contribution in [0.15, 0.2) is 0 Å². The zero-order valence-corrected chi connectivity index (χ0v) is 11.8. The Hall–Kier alpha value is -1.10. The summed E-state index contributed by atoms with van der Waals surface area (Å²) in [5.74, 6) is -0.777. The third kappa shape index (κ3) is 5.49. The van der Waals surface area contributed by atoms with Crippen LogP contribution in [0.5, 0.6) is 0 Å². The Labute approximate surface area is 109 Å². The fraction of sp³-hybridized carbons (Fsp3) is 0.846. The summed E-state index contributed by atoms with van der Waals surface area (Å²) in [6.45, 7) is 8.25. The molecule has 0 aliphatic carbocycles. The van der Waals surface area contributed by atoms with Gasteiger partial charge in [-0.3, -0.25) is 9.59 Å². The second-order valence-corrected chi connectivity index (χ2v) is 5.03. The Balaban J connectivity index is 4.49. The topological polar surface area (TPSA) is 83.6 Å². The normalized spacial score (nSPS) is 14.3. The number of rotatable bonds is 8. The molecule has 0 aliphatic rings. The van der Waals surface area contributed by atoms with Crippen molar-refractivity contribution in [3.8, 4) is 0 Å². The van der Waals surface area contributed by atoms with E-state index in [1.54, 1.807) is 4.90 Å². The SMILES string of the molecule is CCC(C)C(N)C(=O)N(CCCC(=O)O)C(C)C. The molecule has 2 unspecified atom stereocenters. The number of carboxylic acid groups (broad SMARTS) is 1. The van der Waals surface area contributed by atoms with Crippen LogP contribution in [0.1, 0.15) is 47.0 Å². The summed E-state index contributed by atoms with van der Waals surface area (Å²) >= 11 is 0. The van der Waals surface area contributed by atoms with Gasteiger partial charge in [-0.2, -0.15) is 0 Å². The van der Waals surface area contributed by atoms with Gasteiger partial charge in [0.1, 0.15) is 0 Å².